The summed E-state index contributed by atoms with van der Waals surface area (Å²) < 4.78 is 5.26. The van der Waals surface area contributed by atoms with Gasteiger partial charge in [0.15, 0.2) is 0 Å². The summed E-state index contributed by atoms with van der Waals surface area (Å²) in [5.41, 5.74) is 3.91. The van der Waals surface area contributed by atoms with E-state index in [1.165, 1.54) is 5.56 Å². The largest absolute Gasteiger partial charge is 0.382 e. The van der Waals surface area contributed by atoms with Gasteiger partial charge in [-0.1, -0.05) is 0 Å². The summed E-state index contributed by atoms with van der Waals surface area (Å²) in [5, 5.41) is 4.19. The molecule has 0 fully saturated rings. The maximum atomic E-state index is 5.49. The first kappa shape index (κ1) is 14.9. The van der Waals surface area contributed by atoms with Crippen molar-refractivity contribution in [3.05, 3.63) is 22.4 Å². The van der Waals surface area contributed by atoms with Crippen LogP contribution in [-0.4, -0.2) is 37.7 Å². The molecule has 18 heavy (non-hydrogen) atoms. The number of hydrazine groups is 1. The Hall–Kier alpha value is -1.11. The van der Waals surface area contributed by atoms with Crippen molar-refractivity contribution >= 4 is 17.3 Å². The average Bonchev–Trinajstić information content (AvgIpc) is 2.86. The highest BCUT2D eigenvalue weighted by molar-refractivity contribution is 7.07. The zero-order chi connectivity index (χ0) is 13.2. The molecular weight excluding hydrogens is 248 g/mol. The number of nitrogens with zero attached hydrogens (tertiary/aromatic N) is 2. The Kier molecular flexibility index (Phi) is 7.40. The minimum absolute atomic E-state index is 0.706. The van der Waals surface area contributed by atoms with Gasteiger partial charge in [0.1, 0.15) is 0 Å². The van der Waals surface area contributed by atoms with Gasteiger partial charge in [0, 0.05) is 33.4 Å². The zero-order valence-corrected chi connectivity index (χ0v) is 11.9. The molecule has 5 nitrogen and oxygen atoms in total. The monoisotopic (exact) mass is 270 g/mol. The summed E-state index contributed by atoms with van der Waals surface area (Å²) in [6, 6.07) is 2.10. The summed E-state index contributed by atoms with van der Waals surface area (Å²) in [6.07, 6.45) is 0.908. The Morgan fingerprint density at radius 2 is 2.44 bits per heavy atom. The van der Waals surface area contributed by atoms with Gasteiger partial charge in [-0.15, -0.1) is 0 Å². The number of hydrogen-bond acceptors (Lipinski definition) is 4. The molecule has 0 spiro atoms. The van der Waals surface area contributed by atoms with Gasteiger partial charge in [0.2, 0.25) is 5.96 Å². The van der Waals surface area contributed by atoms with Crippen LogP contribution >= 0.6 is 11.3 Å². The summed E-state index contributed by atoms with van der Waals surface area (Å²) in [7, 11) is 1.97. The quantitative estimate of drug-likeness (QED) is 0.259. The first-order valence-electron chi connectivity index (χ1n) is 6.09. The van der Waals surface area contributed by atoms with E-state index in [4.69, 9.17) is 10.6 Å². The number of hydrogen-bond donors (Lipinski definition) is 2. The minimum atomic E-state index is 0.706. The molecule has 6 heteroatoms. The van der Waals surface area contributed by atoms with Gasteiger partial charge < -0.3 is 9.64 Å². The van der Waals surface area contributed by atoms with Crippen LogP contribution in [0.2, 0.25) is 0 Å². The predicted molar refractivity (Wildman–Crippen MR) is 76.5 cm³/mol. The van der Waals surface area contributed by atoms with E-state index in [0.29, 0.717) is 12.5 Å². The van der Waals surface area contributed by atoms with Crippen LogP contribution in [-0.2, 0) is 11.3 Å². The Morgan fingerprint density at radius 1 is 1.61 bits per heavy atom. The first-order valence-corrected chi connectivity index (χ1v) is 7.03. The average molecular weight is 270 g/mol. The molecule has 0 radical (unpaired) electrons. The molecule has 0 unspecified atom stereocenters. The smallest absolute Gasteiger partial charge is 0.208 e. The van der Waals surface area contributed by atoms with Crippen molar-refractivity contribution < 1.29 is 4.74 Å². The second-order valence-corrected chi connectivity index (χ2v) is 4.67. The molecule has 102 valence electrons. The van der Waals surface area contributed by atoms with E-state index in [1.54, 1.807) is 11.3 Å². The van der Waals surface area contributed by atoms with Crippen LogP contribution in [0.3, 0.4) is 0 Å². The molecule has 0 saturated heterocycles. The summed E-state index contributed by atoms with van der Waals surface area (Å²) >= 11 is 1.69. The second-order valence-electron chi connectivity index (χ2n) is 3.89. The fourth-order valence-corrected chi connectivity index (χ4v) is 2.16. The first-order chi connectivity index (χ1) is 8.77. The fraction of sp³-hybridized carbons (Fsp3) is 0.583. The van der Waals surface area contributed by atoms with Crippen LogP contribution in [0, 0.1) is 0 Å². The van der Waals surface area contributed by atoms with Crippen molar-refractivity contribution in [3.63, 3.8) is 0 Å². The number of rotatable bonds is 7. The summed E-state index contributed by atoms with van der Waals surface area (Å²) in [5.74, 6) is 6.20. The SMILES string of the molecule is CCOCCCN=C(NN)N(C)Cc1ccsc1. The van der Waals surface area contributed by atoms with Gasteiger partial charge in [0.25, 0.3) is 0 Å². The third-order valence-corrected chi connectivity index (χ3v) is 3.14. The topological polar surface area (TPSA) is 62.9 Å². The molecule has 0 aliphatic heterocycles. The van der Waals surface area contributed by atoms with Crippen LogP contribution in [0.25, 0.3) is 0 Å². The van der Waals surface area contributed by atoms with Crippen LogP contribution in [0.15, 0.2) is 21.8 Å². The van der Waals surface area contributed by atoms with Gasteiger partial charge in [-0.3, -0.25) is 10.4 Å². The molecule has 1 rings (SSSR count). The Bertz CT molecular complexity index is 340. The zero-order valence-electron chi connectivity index (χ0n) is 11.1. The number of thiophene rings is 1. The van der Waals surface area contributed by atoms with Crippen LogP contribution in [0.5, 0.6) is 0 Å². The predicted octanol–water partition coefficient (Wildman–Crippen LogP) is 1.43. The van der Waals surface area contributed by atoms with Crippen molar-refractivity contribution in [2.45, 2.75) is 19.9 Å². The lowest BCUT2D eigenvalue weighted by molar-refractivity contribution is 0.146. The van der Waals surface area contributed by atoms with Crippen molar-refractivity contribution in [3.8, 4) is 0 Å². The molecule has 1 aromatic rings. The highest BCUT2D eigenvalue weighted by atomic mass is 32.1. The maximum absolute atomic E-state index is 5.49. The van der Waals surface area contributed by atoms with Crippen molar-refractivity contribution in [1.82, 2.24) is 10.3 Å². The number of guanidine groups is 1. The second kappa shape index (κ2) is 8.91. The lowest BCUT2D eigenvalue weighted by atomic mass is 10.3. The number of nitrogens with two attached hydrogens (primary N) is 1. The Balaban J connectivity index is 2.36. The van der Waals surface area contributed by atoms with Gasteiger partial charge in [-0.05, 0) is 35.7 Å². The number of nitrogens with one attached hydrogen (secondary N) is 1. The van der Waals surface area contributed by atoms with Crippen molar-refractivity contribution in [2.24, 2.45) is 10.8 Å². The summed E-state index contributed by atoms with van der Waals surface area (Å²) in [6.45, 7) is 5.01. The van der Waals surface area contributed by atoms with Crippen molar-refractivity contribution in [1.29, 1.82) is 0 Å². The van der Waals surface area contributed by atoms with Gasteiger partial charge in [-0.2, -0.15) is 11.3 Å². The van der Waals surface area contributed by atoms with Crippen LogP contribution < -0.4 is 11.3 Å². The van der Waals surface area contributed by atoms with Gasteiger partial charge in [0.05, 0.1) is 0 Å². The highest BCUT2D eigenvalue weighted by Crippen LogP contribution is 2.08. The van der Waals surface area contributed by atoms with Crippen LogP contribution in [0.4, 0.5) is 0 Å². The molecule has 1 heterocycles. The van der Waals surface area contributed by atoms with E-state index in [-0.39, 0.29) is 0 Å². The molecule has 0 saturated carbocycles. The lowest BCUT2D eigenvalue weighted by Gasteiger charge is -2.20. The van der Waals surface area contributed by atoms with E-state index in [1.807, 2.05) is 18.9 Å². The third-order valence-electron chi connectivity index (χ3n) is 2.40. The van der Waals surface area contributed by atoms with E-state index >= 15 is 0 Å². The molecule has 0 aliphatic carbocycles. The minimum Gasteiger partial charge on any atom is -0.382 e. The summed E-state index contributed by atoms with van der Waals surface area (Å²) in [4.78, 5) is 6.43. The molecule has 0 amide bonds. The van der Waals surface area contributed by atoms with Crippen LogP contribution in [0.1, 0.15) is 18.9 Å². The van der Waals surface area contributed by atoms with E-state index < -0.39 is 0 Å². The third kappa shape index (κ3) is 5.48. The molecular formula is C12H22N4OS. The van der Waals surface area contributed by atoms with Gasteiger partial charge in [-0.25, -0.2) is 5.84 Å². The molecule has 1 aromatic heterocycles. The number of ether oxygens (including phenoxy) is 1. The highest BCUT2D eigenvalue weighted by Gasteiger charge is 2.05. The van der Waals surface area contributed by atoms with E-state index in [9.17, 15) is 0 Å². The molecule has 0 aromatic carbocycles. The lowest BCUT2D eigenvalue weighted by Crippen LogP contribution is -2.42. The normalized spacial score (nSPS) is 11.6. The fourth-order valence-electron chi connectivity index (χ4n) is 1.50. The molecule has 3 N–H and O–H groups in total. The Labute approximate surface area is 113 Å². The number of aliphatic imine (C=N–C) groups is 1. The van der Waals surface area contributed by atoms with Gasteiger partial charge >= 0.3 is 0 Å². The maximum Gasteiger partial charge on any atom is 0.208 e. The molecule has 0 bridgehead atoms. The van der Waals surface area contributed by atoms with E-state index in [0.717, 1.165) is 26.2 Å². The standard InChI is InChI=1S/C12H22N4OS/c1-3-17-7-4-6-14-12(15-13)16(2)9-11-5-8-18-10-11/h5,8,10H,3-4,6-7,9,13H2,1-2H3,(H,14,15). The van der Waals surface area contributed by atoms with Crippen molar-refractivity contribution in [2.75, 3.05) is 26.8 Å². The molecule has 0 aliphatic rings. The van der Waals surface area contributed by atoms with E-state index in [2.05, 4.69) is 27.2 Å². The molecule has 0 atom stereocenters. The Morgan fingerprint density at radius 3 is 3.06 bits per heavy atom.